The van der Waals surface area contributed by atoms with Crippen LogP contribution in [0.1, 0.15) is 23.2 Å². The van der Waals surface area contributed by atoms with Crippen LogP contribution in [0.15, 0.2) is 24.3 Å². The van der Waals surface area contributed by atoms with E-state index in [1.807, 2.05) is 0 Å². The van der Waals surface area contributed by atoms with Gasteiger partial charge in [0, 0.05) is 12.1 Å². The minimum atomic E-state index is -0.409. The van der Waals surface area contributed by atoms with Crippen LogP contribution in [0.3, 0.4) is 0 Å². The van der Waals surface area contributed by atoms with E-state index in [1.54, 1.807) is 24.3 Å². The summed E-state index contributed by atoms with van der Waals surface area (Å²) in [5, 5.41) is 0. The normalized spacial score (nSPS) is 16.0. The maximum atomic E-state index is 10.9. The lowest BCUT2D eigenvalue weighted by atomic mass is 10.2. The van der Waals surface area contributed by atoms with Gasteiger partial charge in [-0.05, 0) is 50.2 Å². The minimum Gasteiger partial charge on any atom is -0.492 e. The molecule has 1 aliphatic heterocycles. The molecule has 0 unspecified atom stereocenters. The first kappa shape index (κ1) is 11.9. The second-order valence-corrected chi connectivity index (χ2v) is 4.29. The monoisotopic (exact) mass is 234 g/mol. The van der Waals surface area contributed by atoms with E-state index in [0.29, 0.717) is 12.2 Å². The molecule has 4 heteroatoms. The molecule has 1 fully saturated rings. The van der Waals surface area contributed by atoms with Gasteiger partial charge in [-0.15, -0.1) is 0 Å². The van der Waals surface area contributed by atoms with Crippen LogP contribution in [-0.2, 0) is 0 Å². The highest BCUT2D eigenvalue weighted by Crippen LogP contribution is 2.12. The average Bonchev–Trinajstić information content (AvgIpc) is 2.83. The molecular formula is C13H18N2O2. The Labute approximate surface area is 101 Å². The number of carbonyl (C=O) groups excluding carboxylic acids is 1. The van der Waals surface area contributed by atoms with E-state index in [1.165, 1.54) is 25.9 Å². The fourth-order valence-electron chi connectivity index (χ4n) is 2.01. The quantitative estimate of drug-likeness (QED) is 0.834. The predicted octanol–water partition coefficient (Wildman–Crippen LogP) is 1.26. The first-order valence-corrected chi connectivity index (χ1v) is 6.01. The van der Waals surface area contributed by atoms with Crippen molar-refractivity contribution in [3.05, 3.63) is 29.8 Å². The lowest BCUT2D eigenvalue weighted by Crippen LogP contribution is -2.25. The number of carbonyl (C=O) groups is 1. The highest BCUT2D eigenvalue weighted by Gasteiger charge is 2.10. The van der Waals surface area contributed by atoms with Crippen LogP contribution in [-0.4, -0.2) is 37.0 Å². The Balaban J connectivity index is 1.76. The Kier molecular flexibility index (Phi) is 3.98. The topological polar surface area (TPSA) is 55.6 Å². The van der Waals surface area contributed by atoms with Crippen LogP contribution in [0.25, 0.3) is 0 Å². The van der Waals surface area contributed by atoms with Crippen LogP contribution in [0.2, 0.25) is 0 Å². The lowest BCUT2D eigenvalue weighted by molar-refractivity contribution is 0.100. The number of hydrogen-bond donors (Lipinski definition) is 1. The first-order valence-electron chi connectivity index (χ1n) is 6.01. The maximum absolute atomic E-state index is 10.9. The van der Waals surface area contributed by atoms with Gasteiger partial charge in [-0.2, -0.15) is 0 Å². The van der Waals surface area contributed by atoms with Gasteiger partial charge in [0.2, 0.25) is 5.91 Å². The molecule has 1 amide bonds. The number of primary amides is 1. The summed E-state index contributed by atoms with van der Waals surface area (Å²) < 4.78 is 5.61. The molecule has 2 N–H and O–H groups in total. The van der Waals surface area contributed by atoms with Crippen molar-refractivity contribution in [3.63, 3.8) is 0 Å². The molecule has 0 aromatic heterocycles. The predicted molar refractivity (Wildman–Crippen MR) is 66.1 cm³/mol. The van der Waals surface area contributed by atoms with Crippen molar-refractivity contribution in [2.75, 3.05) is 26.2 Å². The molecule has 0 bridgehead atoms. The second-order valence-electron chi connectivity index (χ2n) is 4.29. The van der Waals surface area contributed by atoms with Crippen molar-refractivity contribution in [3.8, 4) is 5.75 Å². The third-order valence-corrected chi connectivity index (χ3v) is 3.01. The fraction of sp³-hybridized carbons (Fsp3) is 0.462. The number of benzene rings is 1. The van der Waals surface area contributed by atoms with Gasteiger partial charge < -0.3 is 10.5 Å². The standard InChI is InChI=1S/C13H18N2O2/c14-13(16)11-3-5-12(6-4-11)17-10-9-15-7-1-2-8-15/h3-6H,1-2,7-10H2,(H2,14,16). The summed E-state index contributed by atoms with van der Waals surface area (Å²) in [6.07, 6.45) is 2.60. The Morgan fingerprint density at radius 3 is 2.47 bits per heavy atom. The number of rotatable bonds is 5. The Bertz CT molecular complexity index is 370. The Morgan fingerprint density at radius 2 is 1.88 bits per heavy atom. The molecule has 92 valence electrons. The first-order chi connectivity index (χ1) is 8.25. The lowest BCUT2D eigenvalue weighted by Gasteiger charge is -2.14. The van der Waals surface area contributed by atoms with Crippen molar-refractivity contribution >= 4 is 5.91 Å². The van der Waals surface area contributed by atoms with E-state index in [4.69, 9.17) is 10.5 Å². The number of hydrogen-bond acceptors (Lipinski definition) is 3. The molecule has 2 rings (SSSR count). The zero-order valence-corrected chi connectivity index (χ0v) is 9.89. The van der Waals surface area contributed by atoms with E-state index < -0.39 is 5.91 Å². The van der Waals surface area contributed by atoms with Crippen molar-refractivity contribution in [1.29, 1.82) is 0 Å². The molecule has 0 saturated carbocycles. The van der Waals surface area contributed by atoms with Crippen molar-refractivity contribution in [2.24, 2.45) is 5.73 Å². The molecule has 1 aromatic rings. The summed E-state index contributed by atoms with van der Waals surface area (Å²) in [4.78, 5) is 13.3. The summed E-state index contributed by atoms with van der Waals surface area (Å²) in [5.74, 6) is 0.378. The van der Waals surface area contributed by atoms with E-state index in [2.05, 4.69) is 4.90 Å². The Morgan fingerprint density at radius 1 is 1.24 bits per heavy atom. The molecule has 0 spiro atoms. The molecule has 1 aromatic carbocycles. The van der Waals surface area contributed by atoms with Gasteiger partial charge >= 0.3 is 0 Å². The summed E-state index contributed by atoms with van der Waals surface area (Å²) in [7, 11) is 0. The van der Waals surface area contributed by atoms with E-state index in [-0.39, 0.29) is 0 Å². The highest BCUT2D eigenvalue weighted by atomic mass is 16.5. The van der Waals surface area contributed by atoms with Crippen LogP contribution in [0.5, 0.6) is 5.75 Å². The molecule has 1 heterocycles. The van der Waals surface area contributed by atoms with E-state index in [9.17, 15) is 4.79 Å². The summed E-state index contributed by atoms with van der Waals surface area (Å²) in [5.41, 5.74) is 5.67. The number of amides is 1. The van der Waals surface area contributed by atoms with Gasteiger partial charge in [0.05, 0.1) is 0 Å². The van der Waals surface area contributed by atoms with Crippen LogP contribution in [0.4, 0.5) is 0 Å². The van der Waals surface area contributed by atoms with Gasteiger partial charge in [-0.3, -0.25) is 9.69 Å². The molecular weight excluding hydrogens is 216 g/mol. The van der Waals surface area contributed by atoms with Gasteiger partial charge in [0.1, 0.15) is 12.4 Å². The fourth-order valence-corrected chi connectivity index (χ4v) is 2.01. The number of nitrogens with two attached hydrogens (primary N) is 1. The summed E-state index contributed by atoms with van der Waals surface area (Å²) >= 11 is 0. The SMILES string of the molecule is NC(=O)c1ccc(OCCN2CCCC2)cc1. The number of nitrogens with zero attached hydrogens (tertiary/aromatic N) is 1. The van der Waals surface area contributed by atoms with Crippen LogP contribution >= 0.6 is 0 Å². The van der Waals surface area contributed by atoms with Crippen molar-refractivity contribution in [1.82, 2.24) is 4.90 Å². The summed E-state index contributed by atoms with van der Waals surface area (Å²) in [6.45, 7) is 4.03. The molecule has 1 aliphatic rings. The van der Waals surface area contributed by atoms with Gasteiger partial charge in [0.25, 0.3) is 0 Å². The van der Waals surface area contributed by atoms with Gasteiger partial charge in [0.15, 0.2) is 0 Å². The largest absolute Gasteiger partial charge is 0.492 e. The third-order valence-electron chi connectivity index (χ3n) is 3.01. The van der Waals surface area contributed by atoms with Crippen LogP contribution in [0, 0.1) is 0 Å². The van der Waals surface area contributed by atoms with E-state index in [0.717, 1.165) is 12.3 Å². The molecule has 17 heavy (non-hydrogen) atoms. The van der Waals surface area contributed by atoms with Crippen molar-refractivity contribution in [2.45, 2.75) is 12.8 Å². The average molecular weight is 234 g/mol. The van der Waals surface area contributed by atoms with Gasteiger partial charge in [-0.1, -0.05) is 0 Å². The Hall–Kier alpha value is -1.55. The number of likely N-dealkylation sites (tertiary alicyclic amines) is 1. The molecule has 0 atom stereocenters. The highest BCUT2D eigenvalue weighted by molar-refractivity contribution is 5.92. The molecule has 0 radical (unpaired) electrons. The smallest absolute Gasteiger partial charge is 0.248 e. The zero-order chi connectivity index (χ0) is 12.1. The van der Waals surface area contributed by atoms with E-state index >= 15 is 0 Å². The second kappa shape index (κ2) is 5.68. The minimum absolute atomic E-state index is 0.409. The number of ether oxygens (including phenoxy) is 1. The molecule has 4 nitrogen and oxygen atoms in total. The van der Waals surface area contributed by atoms with Gasteiger partial charge in [-0.25, -0.2) is 0 Å². The van der Waals surface area contributed by atoms with Crippen LogP contribution < -0.4 is 10.5 Å². The van der Waals surface area contributed by atoms with Crippen molar-refractivity contribution < 1.29 is 9.53 Å². The molecule has 1 saturated heterocycles. The third kappa shape index (κ3) is 3.46. The zero-order valence-electron chi connectivity index (χ0n) is 9.89. The molecule has 0 aliphatic carbocycles. The summed E-state index contributed by atoms with van der Waals surface area (Å²) in [6, 6.07) is 6.94. The maximum Gasteiger partial charge on any atom is 0.248 e.